The van der Waals surface area contributed by atoms with E-state index < -0.39 is 17.7 Å². The number of hydrogen-bond acceptors (Lipinski definition) is 5. The third kappa shape index (κ3) is 4.16. The van der Waals surface area contributed by atoms with Crippen molar-refractivity contribution in [1.29, 1.82) is 0 Å². The Morgan fingerprint density at radius 1 is 1.44 bits per heavy atom. The zero-order valence-corrected chi connectivity index (χ0v) is 9.87. The second-order valence-corrected chi connectivity index (χ2v) is 4.95. The Hall–Kier alpha value is -1.14. The van der Waals surface area contributed by atoms with Crippen LogP contribution in [0.25, 0.3) is 0 Å². The predicted octanol–water partition coefficient (Wildman–Crippen LogP) is -0.273. The summed E-state index contributed by atoms with van der Waals surface area (Å²) in [4.78, 5) is 22.9. The SMILES string of the molecule is CC(C)(C)OC(=O)NC(=O)[C@@H]1CC(N)CN1. The van der Waals surface area contributed by atoms with Gasteiger partial charge >= 0.3 is 6.09 Å². The topological polar surface area (TPSA) is 93.5 Å². The normalized spacial score (nSPS) is 25.2. The summed E-state index contributed by atoms with van der Waals surface area (Å²) in [6, 6.07) is -0.433. The molecule has 16 heavy (non-hydrogen) atoms. The first kappa shape index (κ1) is 12.9. The van der Waals surface area contributed by atoms with Crippen molar-refractivity contribution < 1.29 is 14.3 Å². The van der Waals surface area contributed by atoms with E-state index in [2.05, 4.69) is 10.6 Å². The molecule has 1 unspecified atom stereocenters. The van der Waals surface area contributed by atoms with Crippen LogP contribution >= 0.6 is 0 Å². The van der Waals surface area contributed by atoms with Gasteiger partial charge in [0, 0.05) is 12.6 Å². The molecule has 1 heterocycles. The Kier molecular flexibility index (Phi) is 3.88. The minimum atomic E-state index is -0.722. The van der Waals surface area contributed by atoms with Gasteiger partial charge < -0.3 is 15.8 Å². The van der Waals surface area contributed by atoms with E-state index in [9.17, 15) is 9.59 Å². The van der Waals surface area contributed by atoms with Gasteiger partial charge in [0.25, 0.3) is 0 Å². The van der Waals surface area contributed by atoms with Crippen LogP contribution in [0, 0.1) is 0 Å². The van der Waals surface area contributed by atoms with Crippen LogP contribution in [0.3, 0.4) is 0 Å². The van der Waals surface area contributed by atoms with Crippen molar-refractivity contribution in [2.24, 2.45) is 5.73 Å². The summed E-state index contributed by atoms with van der Waals surface area (Å²) in [7, 11) is 0. The molecule has 0 radical (unpaired) electrons. The molecule has 1 fully saturated rings. The standard InChI is InChI=1S/C10H19N3O3/c1-10(2,3)16-9(15)13-8(14)7-4-6(11)5-12-7/h6-7,12H,4-5,11H2,1-3H3,(H,13,14,15)/t6?,7-/m0/s1. The molecule has 0 saturated carbocycles. The molecule has 6 heteroatoms. The first-order valence-corrected chi connectivity index (χ1v) is 5.31. The quantitative estimate of drug-likeness (QED) is 0.575. The maximum atomic E-state index is 11.6. The molecular formula is C10H19N3O3. The molecule has 1 rings (SSSR count). The first-order valence-electron chi connectivity index (χ1n) is 5.31. The van der Waals surface area contributed by atoms with Gasteiger partial charge in [0.1, 0.15) is 5.60 Å². The van der Waals surface area contributed by atoms with E-state index in [1.54, 1.807) is 20.8 Å². The summed E-state index contributed by atoms with van der Waals surface area (Å²) in [6.45, 7) is 5.80. The Bertz CT molecular complexity index is 286. The Labute approximate surface area is 94.9 Å². The highest BCUT2D eigenvalue weighted by Crippen LogP contribution is 2.08. The van der Waals surface area contributed by atoms with Gasteiger partial charge in [0.2, 0.25) is 5.91 Å². The lowest BCUT2D eigenvalue weighted by Gasteiger charge is -2.20. The van der Waals surface area contributed by atoms with E-state index in [1.165, 1.54) is 0 Å². The van der Waals surface area contributed by atoms with Crippen molar-refractivity contribution in [3.63, 3.8) is 0 Å². The number of rotatable bonds is 1. The molecule has 4 N–H and O–H groups in total. The number of carbonyl (C=O) groups excluding carboxylic acids is 2. The van der Waals surface area contributed by atoms with Crippen LogP contribution in [0.2, 0.25) is 0 Å². The highest BCUT2D eigenvalue weighted by atomic mass is 16.6. The number of alkyl carbamates (subject to hydrolysis) is 1. The smallest absolute Gasteiger partial charge is 0.414 e. The molecular weight excluding hydrogens is 210 g/mol. The van der Waals surface area contributed by atoms with Crippen LogP contribution in [0.1, 0.15) is 27.2 Å². The first-order chi connectivity index (χ1) is 7.28. The summed E-state index contributed by atoms with van der Waals surface area (Å²) < 4.78 is 4.96. The van der Waals surface area contributed by atoms with Gasteiger partial charge in [-0.2, -0.15) is 0 Å². The molecule has 0 spiro atoms. The fourth-order valence-electron chi connectivity index (χ4n) is 1.45. The fraction of sp³-hybridized carbons (Fsp3) is 0.800. The molecule has 1 aliphatic heterocycles. The number of nitrogens with one attached hydrogen (secondary N) is 2. The molecule has 2 atom stereocenters. The second kappa shape index (κ2) is 4.80. The van der Waals surface area contributed by atoms with E-state index in [0.29, 0.717) is 13.0 Å². The van der Waals surface area contributed by atoms with Crippen LogP contribution < -0.4 is 16.4 Å². The summed E-state index contributed by atoms with van der Waals surface area (Å²) in [5.74, 6) is -0.387. The number of carbonyl (C=O) groups is 2. The van der Waals surface area contributed by atoms with Gasteiger partial charge in [-0.1, -0.05) is 0 Å². The average Bonchev–Trinajstić information content (AvgIpc) is 2.47. The Morgan fingerprint density at radius 2 is 2.06 bits per heavy atom. The number of ether oxygens (including phenoxy) is 1. The van der Waals surface area contributed by atoms with Crippen LogP contribution in [0.15, 0.2) is 0 Å². The Balaban J connectivity index is 2.37. The average molecular weight is 229 g/mol. The highest BCUT2D eigenvalue weighted by molar-refractivity contribution is 5.95. The van der Waals surface area contributed by atoms with E-state index in [0.717, 1.165) is 0 Å². The number of nitrogens with two attached hydrogens (primary N) is 1. The summed E-state index contributed by atoms with van der Waals surface area (Å²) in [6.07, 6.45) is -0.186. The molecule has 0 aliphatic carbocycles. The van der Waals surface area contributed by atoms with E-state index in [4.69, 9.17) is 10.5 Å². The van der Waals surface area contributed by atoms with E-state index in [1.807, 2.05) is 0 Å². The predicted molar refractivity (Wildman–Crippen MR) is 58.8 cm³/mol. The minimum absolute atomic E-state index is 0.0330. The third-order valence-electron chi connectivity index (χ3n) is 2.11. The molecule has 92 valence electrons. The van der Waals surface area contributed by atoms with E-state index >= 15 is 0 Å². The summed E-state index contributed by atoms with van der Waals surface area (Å²) in [5, 5.41) is 5.11. The van der Waals surface area contributed by atoms with Crippen molar-refractivity contribution in [1.82, 2.24) is 10.6 Å². The molecule has 0 aromatic rings. The van der Waals surface area contributed by atoms with Crippen molar-refractivity contribution in [3.05, 3.63) is 0 Å². The lowest BCUT2D eigenvalue weighted by atomic mass is 10.2. The van der Waals surface area contributed by atoms with Crippen molar-refractivity contribution in [3.8, 4) is 0 Å². The van der Waals surface area contributed by atoms with Gasteiger partial charge in [-0.3, -0.25) is 10.1 Å². The van der Waals surface area contributed by atoms with E-state index in [-0.39, 0.29) is 11.9 Å². The third-order valence-corrected chi connectivity index (χ3v) is 2.11. The Morgan fingerprint density at radius 3 is 2.50 bits per heavy atom. The van der Waals surface area contributed by atoms with Crippen molar-refractivity contribution in [2.75, 3.05) is 6.54 Å². The van der Waals surface area contributed by atoms with Gasteiger partial charge in [0.05, 0.1) is 6.04 Å². The molecule has 0 bridgehead atoms. The monoisotopic (exact) mass is 229 g/mol. The van der Waals surface area contributed by atoms with Crippen molar-refractivity contribution in [2.45, 2.75) is 44.9 Å². The maximum Gasteiger partial charge on any atom is 0.414 e. The van der Waals surface area contributed by atoms with Crippen LogP contribution in [-0.4, -0.2) is 36.2 Å². The van der Waals surface area contributed by atoms with Gasteiger partial charge in [-0.15, -0.1) is 0 Å². The molecule has 6 nitrogen and oxygen atoms in total. The molecule has 0 aromatic carbocycles. The number of amides is 2. The van der Waals surface area contributed by atoms with Crippen LogP contribution in [0.5, 0.6) is 0 Å². The maximum absolute atomic E-state index is 11.6. The zero-order valence-electron chi connectivity index (χ0n) is 9.87. The molecule has 1 saturated heterocycles. The van der Waals surface area contributed by atoms with Crippen LogP contribution in [0.4, 0.5) is 4.79 Å². The largest absolute Gasteiger partial charge is 0.444 e. The molecule has 0 aromatic heterocycles. The van der Waals surface area contributed by atoms with Crippen LogP contribution in [-0.2, 0) is 9.53 Å². The fourth-order valence-corrected chi connectivity index (χ4v) is 1.45. The van der Waals surface area contributed by atoms with Gasteiger partial charge in [0.15, 0.2) is 0 Å². The lowest BCUT2D eigenvalue weighted by molar-refractivity contribution is -0.122. The highest BCUT2D eigenvalue weighted by Gasteiger charge is 2.29. The summed E-state index contributed by atoms with van der Waals surface area (Å²) >= 11 is 0. The minimum Gasteiger partial charge on any atom is -0.444 e. The van der Waals surface area contributed by atoms with Gasteiger partial charge in [-0.05, 0) is 27.2 Å². The molecule has 1 aliphatic rings. The zero-order chi connectivity index (χ0) is 12.3. The van der Waals surface area contributed by atoms with Crippen molar-refractivity contribution >= 4 is 12.0 Å². The molecule has 2 amide bonds. The number of imide groups is 1. The summed E-state index contributed by atoms with van der Waals surface area (Å²) in [5.41, 5.74) is 5.03. The second-order valence-electron chi connectivity index (χ2n) is 4.95. The number of hydrogen-bond donors (Lipinski definition) is 3. The van der Waals surface area contributed by atoms with Gasteiger partial charge in [-0.25, -0.2) is 4.79 Å². The lowest BCUT2D eigenvalue weighted by Crippen LogP contribution is -2.45.